The van der Waals surface area contributed by atoms with Gasteiger partial charge in [0.05, 0.1) is 5.69 Å². The molecule has 0 saturated heterocycles. The summed E-state index contributed by atoms with van der Waals surface area (Å²) in [5.41, 5.74) is 3.11. The van der Waals surface area contributed by atoms with Crippen LogP contribution in [0, 0.1) is 0 Å². The molecule has 0 radical (unpaired) electrons. The first kappa shape index (κ1) is 13.1. The van der Waals surface area contributed by atoms with Crippen LogP contribution in [0.3, 0.4) is 0 Å². The number of benzene rings is 1. The molecule has 1 aromatic carbocycles. The van der Waals surface area contributed by atoms with Crippen LogP contribution in [0.25, 0.3) is 11.4 Å². The lowest BCUT2D eigenvalue weighted by atomic mass is 10.2. The van der Waals surface area contributed by atoms with Gasteiger partial charge in [0.25, 0.3) is 0 Å². The third kappa shape index (κ3) is 2.73. The van der Waals surface area contributed by atoms with Crippen LogP contribution in [-0.4, -0.2) is 35.8 Å². The second-order valence-corrected chi connectivity index (χ2v) is 5.02. The second kappa shape index (κ2) is 5.54. The second-order valence-electron chi connectivity index (χ2n) is 4.27. The molecule has 96 valence electrons. The summed E-state index contributed by atoms with van der Waals surface area (Å²) in [7, 11) is 4.02. The van der Waals surface area contributed by atoms with E-state index in [0.717, 1.165) is 27.4 Å². The van der Waals surface area contributed by atoms with Crippen LogP contribution in [0.5, 0.6) is 0 Å². The summed E-state index contributed by atoms with van der Waals surface area (Å²) in [5, 5.41) is 8.95. The molecule has 0 aliphatic heterocycles. The zero-order chi connectivity index (χ0) is 13.1. The Morgan fingerprint density at radius 3 is 2.50 bits per heavy atom. The largest absolute Gasteiger partial charge is 0.396 e. The molecule has 0 unspecified atom stereocenters. The number of aromatic nitrogens is 2. The van der Waals surface area contributed by atoms with Crippen LogP contribution in [0.2, 0.25) is 0 Å². The maximum atomic E-state index is 8.95. The van der Waals surface area contributed by atoms with Gasteiger partial charge in [-0.15, -0.1) is 0 Å². The molecule has 1 heterocycles. The Hall–Kier alpha value is -1.33. The number of nitrogens with zero attached hydrogens (tertiary/aromatic N) is 2. The van der Waals surface area contributed by atoms with Crippen molar-refractivity contribution in [2.24, 2.45) is 0 Å². The number of H-pyrrole nitrogens is 1. The van der Waals surface area contributed by atoms with Crippen LogP contribution in [0.15, 0.2) is 28.9 Å². The lowest BCUT2D eigenvalue weighted by Crippen LogP contribution is -2.07. The third-order valence-corrected chi connectivity index (χ3v) is 3.40. The highest BCUT2D eigenvalue weighted by atomic mass is 79.9. The Morgan fingerprint density at radius 1 is 1.28 bits per heavy atom. The number of aromatic amines is 1. The molecule has 0 amide bonds. The van der Waals surface area contributed by atoms with Gasteiger partial charge in [0.2, 0.25) is 0 Å². The van der Waals surface area contributed by atoms with Gasteiger partial charge in [-0.25, -0.2) is 4.98 Å². The van der Waals surface area contributed by atoms with Crippen molar-refractivity contribution in [3.8, 4) is 11.4 Å². The molecule has 18 heavy (non-hydrogen) atoms. The SMILES string of the molecule is CN(C)c1ccc(-c2nc(Br)c(CCO)[nH]2)cc1. The van der Waals surface area contributed by atoms with E-state index < -0.39 is 0 Å². The van der Waals surface area contributed by atoms with E-state index in [1.807, 2.05) is 26.2 Å². The van der Waals surface area contributed by atoms with Gasteiger partial charge >= 0.3 is 0 Å². The van der Waals surface area contributed by atoms with Gasteiger partial charge in [-0.1, -0.05) is 0 Å². The van der Waals surface area contributed by atoms with E-state index in [9.17, 15) is 0 Å². The minimum Gasteiger partial charge on any atom is -0.396 e. The third-order valence-electron chi connectivity index (χ3n) is 2.75. The highest BCUT2D eigenvalue weighted by Crippen LogP contribution is 2.24. The van der Waals surface area contributed by atoms with Crippen molar-refractivity contribution in [1.29, 1.82) is 0 Å². The summed E-state index contributed by atoms with van der Waals surface area (Å²) in [6.07, 6.45) is 0.573. The Balaban J connectivity index is 2.28. The minimum atomic E-state index is 0.111. The lowest BCUT2D eigenvalue weighted by Gasteiger charge is -2.12. The summed E-state index contributed by atoms with van der Waals surface area (Å²) in [4.78, 5) is 9.68. The number of rotatable bonds is 4. The van der Waals surface area contributed by atoms with E-state index >= 15 is 0 Å². The zero-order valence-corrected chi connectivity index (χ0v) is 12.0. The molecule has 0 saturated carbocycles. The van der Waals surface area contributed by atoms with E-state index in [-0.39, 0.29) is 6.61 Å². The zero-order valence-electron chi connectivity index (χ0n) is 10.4. The first-order valence-electron chi connectivity index (χ1n) is 5.75. The molecule has 2 N–H and O–H groups in total. The summed E-state index contributed by atoms with van der Waals surface area (Å²) >= 11 is 3.39. The topological polar surface area (TPSA) is 52.1 Å². The van der Waals surface area contributed by atoms with Crippen molar-refractivity contribution in [3.63, 3.8) is 0 Å². The average Bonchev–Trinajstić information content (AvgIpc) is 2.72. The number of hydrogen-bond acceptors (Lipinski definition) is 3. The highest BCUT2D eigenvalue weighted by Gasteiger charge is 2.09. The van der Waals surface area contributed by atoms with Crippen molar-refractivity contribution in [3.05, 3.63) is 34.6 Å². The molecular formula is C13H16BrN3O. The predicted molar refractivity (Wildman–Crippen MR) is 76.8 cm³/mol. The van der Waals surface area contributed by atoms with Crippen LogP contribution in [-0.2, 0) is 6.42 Å². The molecule has 4 nitrogen and oxygen atoms in total. The van der Waals surface area contributed by atoms with Gasteiger partial charge < -0.3 is 15.0 Å². The van der Waals surface area contributed by atoms with Crippen molar-refractivity contribution in [2.75, 3.05) is 25.6 Å². The van der Waals surface area contributed by atoms with Crippen molar-refractivity contribution in [1.82, 2.24) is 9.97 Å². The van der Waals surface area contributed by atoms with Crippen molar-refractivity contribution < 1.29 is 5.11 Å². The number of imidazole rings is 1. The first-order chi connectivity index (χ1) is 8.61. The van der Waals surface area contributed by atoms with Crippen LogP contribution >= 0.6 is 15.9 Å². The Kier molecular flexibility index (Phi) is 4.04. The molecule has 0 bridgehead atoms. The summed E-state index contributed by atoms with van der Waals surface area (Å²) in [6, 6.07) is 8.17. The Labute approximate surface area is 115 Å². The Morgan fingerprint density at radius 2 is 1.94 bits per heavy atom. The van der Waals surface area contributed by atoms with Gasteiger partial charge in [0.15, 0.2) is 0 Å². The normalized spacial score (nSPS) is 10.7. The smallest absolute Gasteiger partial charge is 0.138 e. The molecule has 0 aliphatic carbocycles. The highest BCUT2D eigenvalue weighted by molar-refractivity contribution is 9.10. The van der Waals surface area contributed by atoms with Crippen LogP contribution in [0.4, 0.5) is 5.69 Å². The number of anilines is 1. The molecular weight excluding hydrogens is 294 g/mol. The number of aliphatic hydroxyl groups is 1. The van der Waals surface area contributed by atoms with E-state index in [1.165, 1.54) is 0 Å². The van der Waals surface area contributed by atoms with E-state index in [4.69, 9.17) is 5.11 Å². The number of halogens is 1. The van der Waals surface area contributed by atoms with Gasteiger partial charge in [-0.3, -0.25) is 0 Å². The van der Waals surface area contributed by atoms with Gasteiger partial charge in [0, 0.05) is 38.4 Å². The molecule has 0 aliphatic rings. The van der Waals surface area contributed by atoms with Crippen molar-refractivity contribution in [2.45, 2.75) is 6.42 Å². The first-order valence-corrected chi connectivity index (χ1v) is 6.54. The lowest BCUT2D eigenvalue weighted by molar-refractivity contribution is 0.298. The number of hydrogen-bond donors (Lipinski definition) is 2. The molecule has 0 fully saturated rings. The molecule has 2 aromatic rings. The molecule has 5 heteroatoms. The molecule has 0 atom stereocenters. The number of nitrogens with one attached hydrogen (secondary N) is 1. The maximum Gasteiger partial charge on any atom is 0.138 e. The number of aliphatic hydroxyl groups excluding tert-OH is 1. The fourth-order valence-electron chi connectivity index (χ4n) is 1.72. The minimum absolute atomic E-state index is 0.111. The average molecular weight is 310 g/mol. The quantitative estimate of drug-likeness (QED) is 0.912. The van der Waals surface area contributed by atoms with E-state index in [2.05, 4.69) is 42.9 Å². The summed E-state index contributed by atoms with van der Waals surface area (Å²) in [5.74, 6) is 0.815. The van der Waals surface area contributed by atoms with Crippen molar-refractivity contribution >= 4 is 21.6 Å². The molecule has 2 rings (SSSR count). The van der Waals surface area contributed by atoms with Gasteiger partial charge in [-0.05, 0) is 40.2 Å². The van der Waals surface area contributed by atoms with Gasteiger partial charge in [0.1, 0.15) is 10.4 Å². The fourth-order valence-corrected chi connectivity index (χ4v) is 2.19. The molecule has 0 spiro atoms. The summed E-state index contributed by atoms with van der Waals surface area (Å²) in [6.45, 7) is 0.111. The fraction of sp³-hybridized carbons (Fsp3) is 0.308. The van der Waals surface area contributed by atoms with E-state index in [0.29, 0.717) is 6.42 Å². The Bertz CT molecular complexity index is 520. The van der Waals surface area contributed by atoms with Crippen LogP contribution < -0.4 is 4.90 Å². The van der Waals surface area contributed by atoms with E-state index in [1.54, 1.807) is 0 Å². The molecule has 1 aromatic heterocycles. The monoisotopic (exact) mass is 309 g/mol. The standard InChI is InChI=1S/C13H16BrN3O/c1-17(2)10-5-3-9(4-6-10)13-15-11(7-8-18)12(14)16-13/h3-6,18H,7-8H2,1-2H3,(H,15,16). The predicted octanol–water partition coefficient (Wildman–Crippen LogP) is 2.44. The van der Waals surface area contributed by atoms with Crippen LogP contribution in [0.1, 0.15) is 5.69 Å². The summed E-state index contributed by atoms with van der Waals surface area (Å²) < 4.78 is 0.767. The van der Waals surface area contributed by atoms with Gasteiger partial charge in [-0.2, -0.15) is 0 Å². The maximum absolute atomic E-state index is 8.95.